The van der Waals surface area contributed by atoms with E-state index in [2.05, 4.69) is 21.2 Å². The molecule has 1 aliphatic rings. The Bertz CT molecular complexity index is 408. The molecule has 2 N–H and O–H groups in total. The van der Waals surface area contributed by atoms with E-state index in [9.17, 15) is 4.79 Å². The zero-order valence-electron chi connectivity index (χ0n) is 8.57. The molecule has 1 atom stereocenters. The van der Waals surface area contributed by atoms with Crippen molar-refractivity contribution in [3.05, 3.63) is 22.7 Å². The third kappa shape index (κ3) is 2.47. The number of fused-ring (bicyclic) bond motifs is 1. The number of para-hydroxylation sites is 1. The summed E-state index contributed by atoms with van der Waals surface area (Å²) in [4.78, 5) is 10.5. The first-order chi connectivity index (χ1) is 7.66. The van der Waals surface area contributed by atoms with Gasteiger partial charge in [0.15, 0.2) is 5.75 Å². The molecule has 0 saturated heterocycles. The topological polar surface area (TPSA) is 58.6 Å². The number of carboxylic acid groups (broad SMARTS) is 1. The number of carboxylic acids is 1. The molecule has 0 bridgehead atoms. The van der Waals surface area contributed by atoms with Crippen molar-refractivity contribution in [2.75, 3.05) is 11.9 Å². The number of anilines is 1. The van der Waals surface area contributed by atoms with E-state index in [4.69, 9.17) is 9.84 Å². The van der Waals surface area contributed by atoms with E-state index >= 15 is 0 Å². The lowest BCUT2D eigenvalue weighted by atomic mass is 10.1. The number of hydrogen-bond donors (Lipinski definition) is 2. The number of aliphatic carboxylic acids is 1. The highest BCUT2D eigenvalue weighted by atomic mass is 79.9. The second kappa shape index (κ2) is 4.74. The van der Waals surface area contributed by atoms with Crippen LogP contribution in [0, 0.1) is 0 Å². The van der Waals surface area contributed by atoms with E-state index in [-0.39, 0.29) is 12.5 Å². The van der Waals surface area contributed by atoms with E-state index in [0.29, 0.717) is 13.0 Å². The maximum absolute atomic E-state index is 10.5. The number of ether oxygens (including phenoxy) is 1. The summed E-state index contributed by atoms with van der Waals surface area (Å²) in [6.45, 7) is 0.503. The van der Waals surface area contributed by atoms with Crippen LogP contribution in [0.15, 0.2) is 22.7 Å². The fourth-order valence-electron chi connectivity index (χ4n) is 1.67. The fourth-order valence-corrected chi connectivity index (χ4v) is 2.15. The largest absolute Gasteiger partial charge is 0.488 e. The summed E-state index contributed by atoms with van der Waals surface area (Å²) in [5.41, 5.74) is 0.913. The lowest BCUT2D eigenvalue weighted by Gasteiger charge is -2.27. The Morgan fingerprint density at radius 2 is 2.44 bits per heavy atom. The number of benzene rings is 1. The number of hydrogen-bond acceptors (Lipinski definition) is 3. The summed E-state index contributed by atoms with van der Waals surface area (Å²) in [5, 5.41) is 11.9. The number of nitrogens with one attached hydrogen (secondary N) is 1. The Labute approximate surface area is 102 Å². The Balaban J connectivity index is 2.04. The predicted octanol–water partition coefficient (Wildman–Crippen LogP) is 2.49. The molecule has 86 valence electrons. The van der Waals surface area contributed by atoms with Gasteiger partial charge in [0, 0.05) is 6.42 Å². The van der Waals surface area contributed by atoms with Gasteiger partial charge in [0.2, 0.25) is 0 Å². The molecule has 0 spiro atoms. The summed E-state index contributed by atoms with van der Waals surface area (Å²) in [7, 11) is 0. The van der Waals surface area contributed by atoms with E-state index in [0.717, 1.165) is 15.9 Å². The van der Waals surface area contributed by atoms with E-state index < -0.39 is 5.97 Å². The van der Waals surface area contributed by atoms with Crippen molar-refractivity contribution in [3.8, 4) is 5.75 Å². The highest BCUT2D eigenvalue weighted by Crippen LogP contribution is 2.36. The minimum absolute atomic E-state index is 0.0675. The first-order valence-electron chi connectivity index (χ1n) is 5.06. The van der Waals surface area contributed by atoms with Crippen LogP contribution in [-0.4, -0.2) is 23.7 Å². The van der Waals surface area contributed by atoms with Gasteiger partial charge in [0.1, 0.15) is 6.61 Å². The van der Waals surface area contributed by atoms with Gasteiger partial charge >= 0.3 is 5.97 Å². The smallest absolute Gasteiger partial charge is 0.303 e. The Morgan fingerprint density at radius 1 is 1.62 bits per heavy atom. The average molecular weight is 286 g/mol. The van der Waals surface area contributed by atoms with E-state index in [1.54, 1.807) is 0 Å². The second-order valence-electron chi connectivity index (χ2n) is 3.70. The molecule has 0 aliphatic carbocycles. The third-order valence-electron chi connectivity index (χ3n) is 2.46. The molecule has 0 saturated carbocycles. The molecule has 2 rings (SSSR count). The molecule has 0 radical (unpaired) electrons. The maximum atomic E-state index is 10.5. The van der Waals surface area contributed by atoms with Crippen LogP contribution in [0.5, 0.6) is 5.75 Å². The fraction of sp³-hybridized carbons (Fsp3) is 0.364. The number of halogens is 1. The lowest BCUT2D eigenvalue weighted by Crippen LogP contribution is -2.32. The van der Waals surface area contributed by atoms with Crippen LogP contribution in [0.3, 0.4) is 0 Å². The molecule has 1 aromatic carbocycles. The Kier molecular flexibility index (Phi) is 3.33. The second-order valence-corrected chi connectivity index (χ2v) is 4.56. The van der Waals surface area contributed by atoms with Crippen LogP contribution < -0.4 is 10.1 Å². The molecule has 0 amide bonds. The van der Waals surface area contributed by atoms with Gasteiger partial charge in [-0.2, -0.15) is 0 Å². The standard InChI is InChI=1S/C11H12BrNO3/c12-8-2-1-3-9-11(8)16-6-7(13-9)4-5-10(14)15/h1-3,7,13H,4-6H2,(H,14,15). The van der Waals surface area contributed by atoms with Crippen LogP contribution >= 0.6 is 15.9 Å². The maximum Gasteiger partial charge on any atom is 0.303 e. The molecule has 1 unspecified atom stereocenters. The lowest BCUT2D eigenvalue weighted by molar-refractivity contribution is -0.137. The summed E-state index contributed by atoms with van der Waals surface area (Å²) in [6.07, 6.45) is 0.728. The SMILES string of the molecule is O=C(O)CCC1COc2c(Br)cccc2N1. The zero-order valence-corrected chi connectivity index (χ0v) is 10.2. The minimum Gasteiger partial charge on any atom is -0.488 e. The highest BCUT2D eigenvalue weighted by Gasteiger charge is 2.20. The molecule has 4 nitrogen and oxygen atoms in total. The van der Waals surface area contributed by atoms with Gasteiger partial charge in [-0.3, -0.25) is 4.79 Å². The van der Waals surface area contributed by atoms with Crippen molar-refractivity contribution in [2.45, 2.75) is 18.9 Å². The van der Waals surface area contributed by atoms with Gasteiger partial charge in [0.05, 0.1) is 16.2 Å². The van der Waals surface area contributed by atoms with Crippen LogP contribution in [0.2, 0.25) is 0 Å². The highest BCUT2D eigenvalue weighted by molar-refractivity contribution is 9.10. The molecule has 1 aromatic rings. The monoisotopic (exact) mass is 285 g/mol. The zero-order chi connectivity index (χ0) is 11.5. The van der Waals surface area contributed by atoms with E-state index in [1.165, 1.54) is 0 Å². The summed E-state index contributed by atoms with van der Waals surface area (Å²) >= 11 is 3.41. The van der Waals surface area contributed by atoms with Gasteiger partial charge in [-0.05, 0) is 34.5 Å². The number of rotatable bonds is 3. The molecule has 16 heavy (non-hydrogen) atoms. The van der Waals surface area contributed by atoms with Crippen molar-refractivity contribution < 1.29 is 14.6 Å². The summed E-state index contributed by atoms with van der Waals surface area (Å²) in [6, 6.07) is 5.82. The molecular formula is C11H12BrNO3. The first kappa shape index (κ1) is 11.3. The van der Waals surface area contributed by atoms with Crippen LogP contribution in [0.25, 0.3) is 0 Å². The molecule has 5 heteroatoms. The van der Waals surface area contributed by atoms with Crippen molar-refractivity contribution in [1.82, 2.24) is 0 Å². The summed E-state index contributed by atoms with van der Waals surface area (Å²) in [5.74, 6) is 0.0240. The minimum atomic E-state index is -0.776. The van der Waals surface area contributed by atoms with E-state index in [1.807, 2.05) is 18.2 Å². The third-order valence-corrected chi connectivity index (χ3v) is 3.09. The van der Waals surface area contributed by atoms with Crippen molar-refractivity contribution in [1.29, 1.82) is 0 Å². The molecule has 0 aromatic heterocycles. The van der Waals surface area contributed by atoms with Crippen molar-refractivity contribution in [2.24, 2.45) is 0 Å². The van der Waals surface area contributed by atoms with Gasteiger partial charge in [-0.1, -0.05) is 6.07 Å². The Morgan fingerprint density at radius 3 is 3.19 bits per heavy atom. The van der Waals surface area contributed by atoms with Gasteiger partial charge in [-0.15, -0.1) is 0 Å². The van der Waals surface area contributed by atoms with Gasteiger partial charge in [-0.25, -0.2) is 0 Å². The quantitative estimate of drug-likeness (QED) is 0.896. The molecular weight excluding hydrogens is 274 g/mol. The summed E-state index contributed by atoms with van der Waals surface area (Å²) < 4.78 is 6.51. The van der Waals surface area contributed by atoms with Crippen molar-refractivity contribution >= 4 is 27.6 Å². The van der Waals surface area contributed by atoms with Gasteiger partial charge < -0.3 is 15.2 Å². The van der Waals surface area contributed by atoms with Crippen molar-refractivity contribution in [3.63, 3.8) is 0 Å². The first-order valence-corrected chi connectivity index (χ1v) is 5.86. The van der Waals surface area contributed by atoms with Crippen LogP contribution in [0.4, 0.5) is 5.69 Å². The van der Waals surface area contributed by atoms with Crippen LogP contribution in [-0.2, 0) is 4.79 Å². The molecule has 0 fully saturated rings. The average Bonchev–Trinajstić information content (AvgIpc) is 2.26. The van der Waals surface area contributed by atoms with Gasteiger partial charge in [0.25, 0.3) is 0 Å². The van der Waals surface area contributed by atoms with Crippen LogP contribution in [0.1, 0.15) is 12.8 Å². The predicted molar refractivity (Wildman–Crippen MR) is 63.9 cm³/mol. The molecule has 1 heterocycles. The normalized spacial score (nSPS) is 18.2. The number of carbonyl (C=O) groups is 1. The molecule has 1 aliphatic heterocycles. The Hall–Kier alpha value is -1.23.